The molecule has 5 rings (SSSR count). The monoisotopic (exact) mass is 329 g/mol. The Labute approximate surface area is 145 Å². The van der Waals surface area contributed by atoms with E-state index in [0.717, 1.165) is 45.0 Å². The Morgan fingerprint density at radius 2 is 1.72 bits per heavy atom. The average molecular weight is 329 g/mol. The zero-order chi connectivity index (χ0) is 16.8. The van der Waals surface area contributed by atoms with Gasteiger partial charge >= 0.3 is 0 Å². The van der Waals surface area contributed by atoms with Gasteiger partial charge in [0, 0.05) is 6.21 Å². The number of benzene rings is 3. The number of aliphatic imine (C=N–C) groups is 1. The maximum Gasteiger partial charge on any atom is 0.231 e. The van der Waals surface area contributed by atoms with Gasteiger partial charge in [0.2, 0.25) is 6.79 Å². The summed E-state index contributed by atoms with van der Waals surface area (Å²) in [7, 11) is 0. The Balaban J connectivity index is 1.47. The number of hydrogen-bond donors (Lipinski definition) is 1. The minimum absolute atomic E-state index is 0.263. The Morgan fingerprint density at radius 3 is 2.68 bits per heavy atom. The van der Waals surface area contributed by atoms with Gasteiger partial charge in [-0.25, -0.2) is 0 Å². The zero-order valence-electron chi connectivity index (χ0n) is 13.3. The first-order chi connectivity index (χ1) is 12.3. The van der Waals surface area contributed by atoms with Crippen molar-refractivity contribution in [3.8, 4) is 22.6 Å². The number of aliphatic hydroxyl groups is 1. The number of rotatable bonds is 2. The van der Waals surface area contributed by atoms with Crippen LogP contribution in [0.5, 0.6) is 11.5 Å². The number of nitrogens with zero attached hydrogens (tertiary/aromatic N) is 1. The maximum absolute atomic E-state index is 10.6. The van der Waals surface area contributed by atoms with Crippen LogP contribution in [-0.4, -0.2) is 18.1 Å². The van der Waals surface area contributed by atoms with Crippen molar-refractivity contribution in [2.75, 3.05) is 6.79 Å². The molecule has 0 radical (unpaired) electrons. The molecule has 3 aromatic rings. The van der Waals surface area contributed by atoms with Gasteiger partial charge in [0.05, 0.1) is 5.69 Å². The Kier molecular flexibility index (Phi) is 3.11. The van der Waals surface area contributed by atoms with Crippen molar-refractivity contribution >= 4 is 11.9 Å². The van der Waals surface area contributed by atoms with Crippen molar-refractivity contribution in [3.05, 3.63) is 77.4 Å². The van der Waals surface area contributed by atoms with E-state index < -0.39 is 6.10 Å². The Bertz CT molecular complexity index is 1010. The van der Waals surface area contributed by atoms with E-state index in [1.54, 1.807) is 6.21 Å². The number of hydrogen-bond acceptors (Lipinski definition) is 4. The van der Waals surface area contributed by atoms with Gasteiger partial charge < -0.3 is 14.6 Å². The van der Waals surface area contributed by atoms with E-state index in [4.69, 9.17) is 9.47 Å². The van der Waals surface area contributed by atoms with Crippen LogP contribution in [0.4, 0.5) is 5.69 Å². The SMILES string of the molecule is OC1c2ccccc2-c2ccc(N=Cc3ccc4c(c3)OCO4)cc21. The quantitative estimate of drug-likeness (QED) is 0.716. The second-order valence-electron chi connectivity index (χ2n) is 6.13. The lowest BCUT2D eigenvalue weighted by molar-refractivity contribution is 0.174. The summed E-state index contributed by atoms with van der Waals surface area (Å²) in [5.41, 5.74) is 5.77. The minimum atomic E-state index is -0.591. The lowest BCUT2D eigenvalue weighted by Gasteiger charge is -2.05. The largest absolute Gasteiger partial charge is 0.454 e. The Morgan fingerprint density at radius 1 is 0.880 bits per heavy atom. The van der Waals surface area contributed by atoms with Gasteiger partial charge in [-0.3, -0.25) is 4.99 Å². The first kappa shape index (κ1) is 14.3. The molecule has 1 unspecified atom stereocenters. The predicted molar refractivity (Wildman–Crippen MR) is 95.8 cm³/mol. The molecule has 0 saturated carbocycles. The molecule has 1 N–H and O–H groups in total. The molecule has 0 bridgehead atoms. The van der Waals surface area contributed by atoms with Crippen LogP contribution in [0.2, 0.25) is 0 Å². The van der Waals surface area contributed by atoms with Gasteiger partial charge in [-0.05, 0) is 58.1 Å². The number of aliphatic hydroxyl groups excluding tert-OH is 1. The van der Waals surface area contributed by atoms with Gasteiger partial charge in [0.1, 0.15) is 6.10 Å². The van der Waals surface area contributed by atoms with Gasteiger partial charge in [0.15, 0.2) is 11.5 Å². The smallest absolute Gasteiger partial charge is 0.231 e. The predicted octanol–water partition coefficient (Wildman–Crippen LogP) is 4.23. The molecule has 1 aliphatic carbocycles. The summed E-state index contributed by atoms with van der Waals surface area (Å²) in [6, 6.07) is 19.6. The summed E-state index contributed by atoms with van der Waals surface area (Å²) in [5, 5.41) is 10.6. The van der Waals surface area contributed by atoms with Gasteiger partial charge in [0.25, 0.3) is 0 Å². The third-order valence-electron chi connectivity index (χ3n) is 4.63. The van der Waals surface area contributed by atoms with Crippen LogP contribution in [0.3, 0.4) is 0 Å². The standard InChI is InChI=1S/C21H15NO3/c23-21-17-4-2-1-3-15(17)16-7-6-14(10-18(16)21)22-11-13-5-8-19-20(9-13)25-12-24-19/h1-11,21,23H,12H2. The normalized spacial score (nSPS) is 16.9. The van der Waals surface area contributed by atoms with Crippen LogP contribution in [-0.2, 0) is 0 Å². The zero-order valence-corrected chi connectivity index (χ0v) is 13.3. The fourth-order valence-electron chi connectivity index (χ4n) is 3.39. The topological polar surface area (TPSA) is 51.1 Å². The fourth-order valence-corrected chi connectivity index (χ4v) is 3.39. The van der Waals surface area contributed by atoms with E-state index in [9.17, 15) is 5.11 Å². The van der Waals surface area contributed by atoms with Gasteiger partial charge in [-0.2, -0.15) is 0 Å². The van der Waals surface area contributed by atoms with Crippen molar-refractivity contribution in [3.63, 3.8) is 0 Å². The lowest BCUT2D eigenvalue weighted by Crippen LogP contribution is -1.93. The third-order valence-corrected chi connectivity index (χ3v) is 4.63. The molecule has 0 saturated heterocycles. The summed E-state index contributed by atoms with van der Waals surface area (Å²) >= 11 is 0. The number of ether oxygens (including phenoxy) is 2. The summed E-state index contributed by atoms with van der Waals surface area (Å²) < 4.78 is 10.7. The van der Waals surface area contributed by atoms with Crippen molar-refractivity contribution in [1.82, 2.24) is 0 Å². The van der Waals surface area contributed by atoms with Crippen molar-refractivity contribution < 1.29 is 14.6 Å². The van der Waals surface area contributed by atoms with Crippen LogP contribution in [0.15, 0.2) is 65.7 Å². The van der Waals surface area contributed by atoms with Crippen LogP contribution in [0.1, 0.15) is 22.8 Å². The molecule has 4 nitrogen and oxygen atoms in total. The molecule has 0 spiro atoms. The fraction of sp³-hybridized carbons (Fsp3) is 0.0952. The molecule has 4 heteroatoms. The molecule has 1 heterocycles. The highest BCUT2D eigenvalue weighted by molar-refractivity contribution is 5.84. The van der Waals surface area contributed by atoms with Crippen LogP contribution >= 0.6 is 0 Å². The van der Waals surface area contributed by atoms with Gasteiger partial charge in [-0.15, -0.1) is 0 Å². The molecule has 0 fully saturated rings. The number of fused-ring (bicyclic) bond motifs is 4. The van der Waals surface area contributed by atoms with E-state index in [2.05, 4.69) is 4.99 Å². The van der Waals surface area contributed by atoms with Crippen molar-refractivity contribution in [2.45, 2.75) is 6.10 Å². The van der Waals surface area contributed by atoms with Crippen LogP contribution < -0.4 is 9.47 Å². The van der Waals surface area contributed by atoms with E-state index in [-0.39, 0.29) is 6.79 Å². The van der Waals surface area contributed by atoms with E-state index in [0.29, 0.717) is 0 Å². The molecule has 25 heavy (non-hydrogen) atoms. The highest BCUT2D eigenvalue weighted by Crippen LogP contribution is 2.44. The first-order valence-electron chi connectivity index (χ1n) is 8.15. The first-order valence-corrected chi connectivity index (χ1v) is 8.15. The maximum atomic E-state index is 10.6. The second kappa shape index (κ2) is 5.46. The minimum Gasteiger partial charge on any atom is -0.454 e. The third kappa shape index (κ3) is 2.30. The molecule has 1 atom stereocenters. The molecule has 2 aliphatic rings. The van der Waals surface area contributed by atoms with Crippen LogP contribution in [0, 0.1) is 0 Å². The highest BCUT2D eigenvalue weighted by atomic mass is 16.7. The van der Waals surface area contributed by atoms with E-state index in [1.165, 1.54) is 0 Å². The van der Waals surface area contributed by atoms with E-state index >= 15 is 0 Å². The second-order valence-corrected chi connectivity index (χ2v) is 6.13. The summed E-state index contributed by atoms with van der Waals surface area (Å²) in [6.45, 7) is 0.263. The van der Waals surface area contributed by atoms with Crippen LogP contribution in [0.25, 0.3) is 11.1 Å². The summed E-state index contributed by atoms with van der Waals surface area (Å²) in [6.07, 6.45) is 1.20. The molecule has 122 valence electrons. The van der Waals surface area contributed by atoms with E-state index in [1.807, 2.05) is 60.7 Å². The van der Waals surface area contributed by atoms with Gasteiger partial charge in [-0.1, -0.05) is 30.3 Å². The van der Waals surface area contributed by atoms with Crippen molar-refractivity contribution in [2.24, 2.45) is 4.99 Å². The molecule has 1 aliphatic heterocycles. The average Bonchev–Trinajstić information content (AvgIpc) is 3.23. The lowest BCUT2D eigenvalue weighted by atomic mass is 10.1. The highest BCUT2D eigenvalue weighted by Gasteiger charge is 2.26. The Hall–Kier alpha value is -3.11. The molecule has 0 aromatic heterocycles. The molecule has 3 aromatic carbocycles. The summed E-state index contributed by atoms with van der Waals surface area (Å²) in [5.74, 6) is 1.50. The molecule has 0 amide bonds. The molecular weight excluding hydrogens is 314 g/mol. The van der Waals surface area contributed by atoms with Crippen molar-refractivity contribution in [1.29, 1.82) is 0 Å². The molecular formula is C21H15NO3. The summed E-state index contributed by atoms with van der Waals surface area (Å²) in [4.78, 5) is 4.54.